The minimum Gasteiger partial charge on any atom is -0.445 e. The number of esters is 1. The number of hydrogen-bond donors (Lipinski definition) is 0. The molecule has 3 aromatic carbocycles. The Hall–Kier alpha value is -3.20. The van der Waals surface area contributed by atoms with Crippen LogP contribution in [-0.2, 0) is 4.74 Å². The van der Waals surface area contributed by atoms with Gasteiger partial charge in [-0.3, -0.25) is 4.79 Å². The summed E-state index contributed by atoms with van der Waals surface area (Å²) in [4.78, 5) is 25.9. The first kappa shape index (κ1) is 19.6. The van der Waals surface area contributed by atoms with Crippen molar-refractivity contribution >= 4 is 11.8 Å². The van der Waals surface area contributed by atoms with Gasteiger partial charge in [-0.15, -0.1) is 0 Å². The standard InChI is InChI=1S/C25H24O3/c1-16-5-10-20(11-6-16)23(26)24(21-12-7-17(2)8-13-21)28-25(27)22-14-9-18(3)19(4)15-22/h5-15,24H,1-4H3/t24-/m0/s1. The number of Topliss-reactive ketones (excluding diaryl/α,β-unsaturated/α-hetero) is 1. The molecule has 3 heteroatoms. The topological polar surface area (TPSA) is 43.4 Å². The minimum absolute atomic E-state index is 0.235. The van der Waals surface area contributed by atoms with E-state index in [-0.39, 0.29) is 5.78 Å². The number of rotatable bonds is 5. The lowest BCUT2D eigenvalue weighted by Crippen LogP contribution is -2.20. The zero-order chi connectivity index (χ0) is 20.3. The highest BCUT2D eigenvalue weighted by molar-refractivity contribution is 6.02. The van der Waals surface area contributed by atoms with Crippen LogP contribution in [0.2, 0.25) is 0 Å². The summed E-state index contributed by atoms with van der Waals surface area (Å²) in [5.41, 5.74) is 5.87. The summed E-state index contributed by atoms with van der Waals surface area (Å²) in [7, 11) is 0. The van der Waals surface area contributed by atoms with Crippen molar-refractivity contribution in [2.45, 2.75) is 33.8 Å². The molecule has 3 rings (SSSR count). The summed E-state index contributed by atoms with van der Waals surface area (Å²) < 4.78 is 5.72. The highest BCUT2D eigenvalue weighted by atomic mass is 16.5. The van der Waals surface area contributed by atoms with Crippen molar-refractivity contribution in [3.05, 3.63) is 106 Å². The van der Waals surface area contributed by atoms with Gasteiger partial charge in [-0.25, -0.2) is 4.79 Å². The molecular formula is C25H24O3. The van der Waals surface area contributed by atoms with Gasteiger partial charge in [-0.05, 0) is 51.0 Å². The summed E-state index contributed by atoms with van der Waals surface area (Å²) in [6.45, 7) is 7.87. The maximum Gasteiger partial charge on any atom is 0.339 e. The van der Waals surface area contributed by atoms with Crippen LogP contribution in [0.25, 0.3) is 0 Å². The average molecular weight is 372 g/mol. The van der Waals surface area contributed by atoms with Crippen LogP contribution in [0.5, 0.6) is 0 Å². The Bertz CT molecular complexity index is 999. The zero-order valence-corrected chi connectivity index (χ0v) is 16.7. The summed E-state index contributed by atoms with van der Waals surface area (Å²) in [6.07, 6.45) is -0.989. The third-order valence-electron chi connectivity index (χ3n) is 4.92. The molecule has 0 fully saturated rings. The molecule has 0 bridgehead atoms. The molecule has 0 amide bonds. The summed E-state index contributed by atoms with van der Waals surface area (Å²) in [5.74, 6) is -0.741. The Labute approximate surface area is 166 Å². The highest BCUT2D eigenvalue weighted by Crippen LogP contribution is 2.25. The summed E-state index contributed by atoms with van der Waals surface area (Å²) in [6, 6.07) is 20.2. The Morgan fingerprint density at radius 3 is 1.79 bits per heavy atom. The molecule has 0 heterocycles. The predicted molar refractivity (Wildman–Crippen MR) is 111 cm³/mol. The Balaban J connectivity index is 1.94. The van der Waals surface area contributed by atoms with E-state index in [2.05, 4.69) is 0 Å². The molecule has 0 saturated carbocycles. The molecule has 1 atom stereocenters. The van der Waals surface area contributed by atoms with Crippen molar-refractivity contribution in [3.8, 4) is 0 Å². The fraction of sp³-hybridized carbons (Fsp3) is 0.200. The molecule has 0 aliphatic rings. The lowest BCUT2D eigenvalue weighted by atomic mass is 9.98. The van der Waals surface area contributed by atoms with Gasteiger partial charge in [0.2, 0.25) is 5.78 Å². The second-order valence-electron chi connectivity index (χ2n) is 7.23. The van der Waals surface area contributed by atoms with E-state index in [1.54, 1.807) is 24.3 Å². The Morgan fingerprint density at radius 1 is 0.679 bits per heavy atom. The van der Waals surface area contributed by atoms with Gasteiger partial charge in [0.15, 0.2) is 6.10 Å². The minimum atomic E-state index is -0.989. The van der Waals surface area contributed by atoms with Crippen molar-refractivity contribution in [1.29, 1.82) is 0 Å². The molecule has 3 nitrogen and oxygen atoms in total. The van der Waals surface area contributed by atoms with Crippen LogP contribution in [-0.4, -0.2) is 11.8 Å². The van der Waals surface area contributed by atoms with Crippen LogP contribution in [0, 0.1) is 27.7 Å². The summed E-state index contributed by atoms with van der Waals surface area (Å²) >= 11 is 0. The maximum atomic E-state index is 13.2. The van der Waals surface area contributed by atoms with Gasteiger partial charge in [-0.1, -0.05) is 65.7 Å². The third kappa shape index (κ3) is 4.37. The first-order valence-corrected chi connectivity index (χ1v) is 9.31. The van der Waals surface area contributed by atoms with Gasteiger partial charge in [0.05, 0.1) is 5.56 Å². The van der Waals surface area contributed by atoms with E-state index in [0.29, 0.717) is 16.7 Å². The van der Waals surface area contributed by atoms with Crippen LogP contribution in [0.4, 0.5) is 0 Å². The van der Waals surface area contributed by atoms with Crippen molar-refractivity contribution in [2.75, 3.05) is 0 Å². The van der Waals surface area contributed by atoms with Gasteiger partial charge in [-0.2, -0.15) is 0 Å². The number of carbonyl (C=O) groups excluding carboxylic acids is 2. The van der Waals surface area contributed by atoms with E-state index in [0.717, 1.165) is 22.3 Å². The van der Waals surface area contributed by atoms with Gasteiger partial charge in [0.1, 0.15) is 0 Å². The molecule has 3 aromatic rings. The number of carbonyl (C=O) groups is 2. The highest BCUT2D eigenvalue weighted by Gasteiger charge is 2.27. The largest absolute Gasteiger partial charge is 0.445 e. The van der Waals surface area contributed by atoms with Gasteiger partial charge in [0, 0.05) is 11.1 Å². The normalized spacial score (nSPS) is 11.7. The molecule has 0 spiro atoms. The predicted octanol–water partition coefficient (Wildman–Crippen LogP) is 5.70. The second kappa shape index (κ2) is 8.22. The second-order valence-corrected chi connectivity index (χ2v) is 7.23. The van der Waals surface area contributed by atoms with Crippen LogP contribution in [0.15, 0.2) is 66.7 Å². The van der Waals surface area contributed by atoms with E-state index < -0.39 is 12.1 Å². The van der Waals surface area contributed by atoms with Crippen molar-refractivity contribution in [2.24, 2.45) is 0 Å². The SMILES string of the molecule is Cc1ccc(C(=O)[C@@H](OC(=O)c2ccc(C)c(C)c2)c2ccc(C)cc2)cc1. The van der Waals surface area contributed by atoms with E-state index in [1.165, 1.54) is 0 Å². The van der Waals surface area contributed by atoms with E-state index >= 15 is 0 Å². The molecule has 0 aliphatic carbocycles. The molecule has 0 unspecified atom stereocenters. The van der Waals surface area contributed by atoms with Gasteiger partial charge >= 0.3 is 5.97 Å². The van der Waals surface area contributed by atoms with Crippen molar-refractivity contribution < 1.29 is 14.3 Å². The Kier molecular flexibility index (Phi) is 5.74. The monoisotopic (exact) mass is 372 g/mol. The quantitative estimate of drug-likeness (QED) is 0.426. The number of benzene rings is 3. The van der Waals surface area contributed by atoms with Crippen molar-refractivity contribution in [1.82, 2.24) is 0 Å². The number of ketones is 1. The number of ether oxygens (including phenoxy) is 1. The van der Waals surface area contributed by atoms with Gasteiger partial charge < -0.3 is 4.74 Å². The molecule has 0 aliphatic heterocycles. The smallest absolute Gasteiger partial charge is 0.339 e. The van der Waals surface area contributed by atoms with Crippen LogP contribution in [0.3, 0.4) is 0 Å². The van der Waals surface area contributed by atoms with E-state index in [9.17, 15) is 9.59 Å². The third-order valence-corrected chi connectivity index (χ3v) is 4.92. The van der Waals surface area contributed by atoms with Crippen LogP contribution < -0.4 is 0 Å². The first-order valence-electron chi connectivity index (χ1n) is 9.31. The lowest BCUT2D eigenvalue weighted by molar-refractivity contribution is 0.0280. The number of aryl methyl sites for hydroxylation is 4. The fourth-order valence-corrected chi connectivity index (χ4v) is 2.93. The molecular weight excluding hydrogens is 348 g/mol. The van der Waals surface area contributed by atoms with Crippen LogP contribution >= 0.6 is 0 Å². The molecule has 0 aromatic heterocycles. The molecule has 0 radical (unpaired) electrons. The average Bonchev–Trinajstić information content (AvgIpc) is 2.69. The van der Waals surface area contributed by atoms with Gasteiger partial charge in [0.25, 0.3) is 0 Å². The molecule has 142 valence electrons. The van der Waals surface area contributed by atoms with E-state index in [1.807, 2.05) is 70.2 Å². The molecule has 0 N–H and O–H groups in total. The zero-order valence-electron chi connectivity index (χ0n) is 16.7. The van der Waals surface area contributed by atoms with Crippen LogP contribution in [0.1, 0.15) is 54.6 Å². The Morgan fingerprint density at radius 2 is 1.21 bits per heavy atom. The first-order chi connectivity index (χ1) is 13.3. The van der Waals surface area contributed by atoms with E-state index in [4.69, 9.17) is 4.74 Å². The fourth-order valence-electron chi connectivity index (χ4n) is 2.93. The maximum absolute atomic E-state index is 13.2. The molecule has 28 heavy (non-hydrogen) atoms. The number of hydrogen-bond acceptors (Lipinski definition) is 3. The summed E-state index contributed by atoms with van der Waals surface area (Å²) in [5, 5.41) is 0. The lowest BCUT2D eigenvalue weighted by Gasteiger charge is -2.18. The molecule has 0 saturated heterocycles. The van der Waals surface area contributed by atoms with Crippen molar-refractivity contribution in [3.63, 3.8) is 0 Å².